The molecule has 0 saturated heterocycles. The zero-order valence-corrected chi connectivity index (χ0v) is 50.3. The molecule has 0 amide bonds. The Balaban J connectivity index is 1.02. The van der Waals surface area contributed by atoms with Gasteiger partial charge in [-0.05, 0) is 131 Å². The van der Waals surface area contributed by atoms with Gasteiger partial charge in [-0.1, -0.05) is 302 Å². The lowest BCUT2D eigenvalue weighted by atomic mass is 9.67. The van der Waals surface area contributed by atoms with Crippen LogP contribution in [-0.2, 0) is 16.2 Å². The van der Waals surface area contributed by atoms with Crippen LogP contribution in [0.15, 0.2) is 303 Å². The summed E-state index contributed by atoms with van der Waals surface area (Å²) in [6, 6.07) is 114. The van der Waals surface area contributed by atoms with E-state index in [1.807, 2.05) is 0 Å². The molecule has 0 N–H and O–H groups in total. The van der Waals surface area contributed by atoms with Crippen LogP contribution in [-0.4, -0.2) is 4.57 Å². The van der Waals surface area contributed by atoms with E-state index < -0.39 is 5.41 Å². The molecule has 0 radical (unpaired) electrons. The topological polar surface area (TPSA) is 8.17 Å². The van der Waals surface area contributed by atoms with E-state index in [9.17, 15) is 0 Å². The van der Waals surface area contributed by atoms with Crippen LogP contribution in [0.4, 0.5) is 17.1 Å². The van der Waals surface area contributed by atoms with Gasteiger partial charge in [-0.2, -0.15) is 0 Å². The van der Waals surface area contributed by atoms with Crippen LogP contribution in [0.25, 0.3) is 93.9 Å². The molecular weight excluding hydrogens is 1050 g/mol. The lowest BCUT2D eigenvalue weighted by molar-refractivity contribution is 0.569. The fraction of sp³-hybridized carbons (Fsp3) is 0.106. The minimum atomic E-state index is -0.569. The number of fused-ring (bicyclic) bond motifs is 7. The number of anilines is 3. The highest BCUT2D eigenvalue weighted by Gasteiger charge is 2.46. The van der Waals surface area contributed by atoms with Gasteiger partial charge < -0.3 is 9.47 Å². The van der Waals surface area contributed by atoms with Crippen molar-refractivity contribution >= 4 is 49.6 Å². The van der Waals surface area contributed by atoms with Crippen molar-refractivity contribution in [1.29, 1.82) is 0 Å². The highest BCUT2D eigenvalue weighted by Crippen LogP contribution is 2.58. The first-order valence-electron chi connectivity index (χ1n) is 30.7. The first-order valence-corrected chi connectivity index (χ1v) is 30.7. The Morgan fingerprint density at radius 3 is 1.40 bits per heavy atom. The fourth-order valence-electron chi connectivity index (χ4n) is 14.2. The maximum atomic E-state index is 2.58. The van der Waals surface area contributed by atoms with Crippen LogP contribution in [0.2, 0.25) is 0 Å². The number of nitrogens with zero attached hydrogens (tertiary/aromatic N) is 2. The minimum Gasteiger partial charge on any atom is -0.309 e. The van der Waals surface area contributed by atoms with Gasteiger partial charge in [0.1, 0.15) is 0 Å². The molecule has 15 rings (SSSR count). The van der Waals surface area contributed by atoms with E-state index in [-0.39, 0.29) is 10.8 Å². The van der Waals surface area contributed by atoms with Gasteiger partial charge in [0.25, 0.3) is 0 Å². The van der Waals surface area contributed by atoms with Gasteiger partial charge in [-0.3, -0.25) is 0 Å². The molecule has 13 aromatic carbocycles. The van der Waals surface area contributed by atoms with Crippen LogP contribution in [0, 0.1) is 0 Å². The molecule has 1 aliphatic carbocycles. The highest BCUT2D eigenvalue weighted by atomic mass is 15.2. The Kier molecular flexibility index (Phi) is 12.9. The van der Waals surface area contributed by atoms with Crippen LogP contribution in [0.5, 0.6) is 0 Å². The fourth-order valence-corrected chi connectivity index (χ4v) is 14.2. The SMILES string of the molecule is CC(C)(C)c1cc(-c2cccc3cccc(-c4ccccc4N(c4ccccc4-c4ccc5c(c4)C(c4ccccc4)(c4ccccc4)c4ccccc4-5)c4ccccc4-c4cccc5c6ccccc6n(-c6ccccc6)c45)c23)cc(C(C)(C)C)c1. The zero-order valence-electron chi connectivity index (χ0n) is 50.3. The maximum absolute atomic E-state index is 2.58. The first-order chi connectivity index (χ1) is 42.5. The smallest absolute Gasteiger partial charge is 0.0713 e. The Morgan fingerprint density at radius 1 is 0.310 bits per heavy atom. The molecule has 0 atom stereocenters. The van der Waals surface area contributed by atoms with Crippen molar-refractivity contribution in [2.24, 2.45) is 0 Å². The predicted molar refractivity (Wildman–Crippen MR) is 369 cm³/mol. The van der Waals surface area contributed by atoms with E-state index in [1.165, 1.54) is 93.8 Å². The molecule has 1 heterocycles. The summed E-state index contributed by atoms with van der Waals surface area (Å²) in [4.78, 5) is 2.58. The molecule has 0 fully saturated rings. The second-order valence-electron chi connectivity index (χ2n) is 25.6. The third-order valence-corrected chi connectivity index (χ3v) is 18.4. The van der Waals surface area contributed by atoms with Gasteiger partial charge in [0.05, 0.1) is 33.5 Å². The van der Waals surface area contributed by atoms with Crippen molar-refractivity contribution < 1.29 is 0 Å². The molecule has 0 unspecified atom stereocenters. The van der Waals surface area contributed by atoms with Crippen molar-refractivity contribution in [3.8, 4) is 61.3 Å². The van der Waals surface area contributed by atoms with Crippen molar-refractivity contribution in [3.05, 3.63) is 337 Å². The number of hydrogen-bond donors (Lipinski definition) is 0. The van der Waals surface area contributed by atoms with Gasteiger partial charge in [-0.25, -0.2) is 0 Å². The van der Waals surface area contributed by atoms with E-state index in [4.69, 9.17) is 0 Å². The molecule has 2 heteroatoms. The molecule has 0 saturated carbocycles. The second kappa shape index (κ2) is 21.0. The maximum Gasteiger partial charge on any atom is 0.0713 e. The first kappa shape index (κ1) is 53.4. The van der Waals surface area contributed by atoms with Crippen LogP contribution >= 0.6 is 0 Å². The Labute approximate surface area is 512 Å². The van der Waals surface area contributed by atoms with Crippen LogP contribution < -0.4 is 4.90 Å². The molecule has 0 aliphatic heterocycles. The standard InChI is InChI=1S/C85H68N2/c1-83(2,3)62-53-59(54-63(56-62)84(4,5)6)66-42-26-29-57-30-27-43-72(81(57)66)69-39-18-24-49-79(69)87(80-50-25-20-41-71(80)74-45-28-44-73-70-40-19-23-48-78(70)86(82(73)74)64-35-14-9-15-36-64)77-47-22-17-37-65(77)58-51-52-68-67-38-16-21-46-75(67)85(76(68)55-58,60-31-10-7-11-32-60)61-33-12-8-13-34-61/h7-56H,1-6H3. The van der Waals surface area contributed by atoms with Crippen molar-refractivity contribution in [1.82, 2.24) is 4.57 Å². The summed E-state index contributed by atoms with van der Waals surface area (Å²) in [5.41, 5.74) is 25.6. The minimum absolute atomic E-state index is 0.0511. The molecule has 2 nitrogen and oxygen atoms in total. The zero-order chi connectivity index (χ0) is 59.0. The predicted octanol–water partition coefficient (Wildman–Crippen LogP) is 23.0. The molecule has 1 aliphatic rings. The van der Waals surface area contributed by atoms with Gasteiger partial charge >= 0.3 is 0 Å². The molecule has 87 heavy (non-hydrogen) atoms. The van der Waals surface area contributed by atoms with Gasteiger partial charge in [0.2, 0.25) is 0 Å². The lowest BCUT2D eigenvalue weighted by Gasteiger charge is -2.34. The molecular formula is C85H68N2. The summed E-state index contributed by atoms with van der Waals surface area (Å²) in [6.07, 6.45) is 0. The highest BCUT2D eigenvalue weighted by molar-refractivity contribution is 6.16. The van der Waals surface area contributed by atoms with E-state index in [2.05, 4.69) is 354 Å². The summed E-state index contributed by atoms with van der Waals surface area (Å²) in [5.74, 6) is 0. The number of aromatic nitrogens is 1. The number of rotatable bonds is 10. The van der Waals surface area contributed by atoms with Crippen LogP contribution in [0.1, 0.15) is 74.9 Å². The largest absolute Gasteiger partial charge is 0.309 e. The van der Waals surface area contributed by atoms with Crippen LogP contribution in [0.3, 0.4) is 0 Å². The average Bonchev–Trinajstić information content (AvgIpc) is 1.59. The number of hydrogen-bond acceptors (Lipinski definition) is 1. The van der Waals surface area contributed by atoms with E-state index in [1.54, 1.807) is 0 Å². The van der Waals surface area contributed by atoms with Crippen molar-refractivity contribution in [2.45, 2.75) is 57.8 Å². The van der Waals surface area contributed by atoms with E-state index >= 15 is 0 Å². The monoisotopic (exact) mass is 1120 g/mol. The third kappa shape index (κ3) is 8.84. The molecule has 0 bridgehead atoms. The molecule has 1 aromatic heterocycles. The summed E-state index contributed by atoms with van der Waals surface area (Å²) in [7, 11) is 0. The van der Waals surface area contributed by atoms with Gasteiger partial charge in [0, 0.05) is 38.7 Å². The summed E-state index contributed by atoms with van der Waals surface area (Å²) < 4.78 is 2.47. The number of para-hydroxylation sites is 6. The van der Waals surface area contributed by atoms with E-state index in [0.29, 0.717) is 0 Å². The summed E-state index contributed by atoms with van der Waals surface area (Å²) >= 11 is 0. The number of benzene rings is 13. The molecule has 0 spiro atoms. The summed E-state index contributed by atoms with van der Waals surface area (Å²) in [6.45, 7) is 14.0. The summed E-state index contributed by atoms with van der Waals surface area (Å²) in [5, 5.41) is 4.86. The average molecular weight is 1120 g/mol. The quantitative estimate of drug-likeness (QED) is 0.132. The Hall–Kier alpha value is -10.3. The Bertz CT molecular complexity index is 4860. The van der Waals surface area contributed by atoms with Crippen molar-refractivity contribution in [2.75, 3.05) is 4.90 Å². The van der Waals surface area contributed by atoms with E-state index in [0.717, 1.165) is 50.6 Å². The Morgan fingerprint density at radius 2 is 0.770 bits per heavy atom. The van der Waals surface area contributed by atoms with Crippen molar-refractivity contribution in [3.63, 3.8) is 0 Å². The van der Waals surface area contributed by atoms with Gasteiger partial charge in [0.15, 0.2) is 0 Å². The normalized spacial score (nSPS) is 12.8. The molecule has 14 aromatic rings. The van der Waals surface area contributed by atoms with Gasteiger partial charge in [-0.15, -0.1) is 0 Å². The lowest BCUT2D eigenvalue weighted by Crippen LogP contribution is -2.28. The third-order valence-electron chi connectivity index (χ3n) is 18.4. The second-order valence-corrected chi connectivity index (χ2v) is 25.6. The molecule has 418 valence electrons.